The predicted molar refractivity (Wildman–Crippen MR) is 128 cm³/mol. The first-order valence-corrected chi connectivity index (χ1v) is 11.3. The molecule has 2 aromatic carbocycles. The second-order valence-corrected chi connectivity index (χ2v) is 9.43. The fraction of sp³-hybridized carbons (Fsp3) is 0.130. The molecule has 2 heterocycles. The summed E-state index contributed by atoms with van der Waals surface area (Å²) in [5.74, 6) is -0.310. The zero-order chi connectivity index (χ0) is 22.3. The number of rotatable bonds is 4. The van der Waals surface area contributed by atoms with Crippen LogP contribution in [0.3, 0.4) is 0 Å². The lowest BCUT2D eigenvalue weighted by molar-refractivity contribution is -0.123. The Kier molecular flexibility index (Phi) is 6.22. The third-order valence-electron chi connectivity index (χ3n) is 5.03. The number of imide groups is 1. The zero-order valence-corrected chi connectivity index (χ0v) is 19.7. The molecule has 0 aliphatic carbocycles. The van der Waals surface area contributed by atoms with Crippen molar-refractivity contribution in [2.45, 2.75) is 20.4 Å². The lowest BCUT2D eigenvalue weighted by atomic mass is 10.2. The SMILES string of the molecule is Cc1cc(/C=C2/SC(=O)N(Cc3ccc(Cl)cc3)C2=O)c(C)n1-c1cc(Cl)ccc1Cl. The van der Waals surface area contributed by atoms with Crippen molar-refractivity contribution < 1.29 is 9.59 Å². The number of aryl methyl sites for hydroxylation is 1. The number of aromatic nitrogens is 1. The van der Waals surface area contributed by atoms with Crippen LogP contribution in [-0.2, 0) is 11.3 Å². The van der Waals surface area contributed by atoms with E-state index in [0.29, 0.717) is 20.0 Å². The minimum atomic E-state index is -0.310. The van der Waals surface area contributed by atoms with Crippen molar-refractivity contribution in [2.75, 3.05) is 0 Å². The number of hydrogen-bond acceptors (Lipinski definition) is 3. The van der Waals surface area contributed by atoms with E-state index < -0.39 is 0 Å². The van der Waals surface area contributed by atoms with Gasteiger partial charge in [-0.15, -0.1) is 0 Å². The molecule has 0 atom stereocenters. The van der Waals surface area contributed by atoms with Gasteiger partial charge in [-0.2, -0.15) is 0 Å². The van der Waals surface area contributed by atoms with Crippen LogP contribution in [0.25, 0.3) is 11.8 Å². The molecule has 3 aromatic rings. The summed E-state index contributed by atoms with van der Waals surface area (Å²) in [6, 6.07) is 14.3. The van der Waals surface area contributed by atoms with Crippen molar-refractivity contribution in [1.29, 1.82) is 0 Å². The Morgan fingerprint density at radius 1 is 0.935 bits per heavy atom. The van der Waals surface area contributed by atoms with Crippen molar-refractivity contribution in [1.82, 2.24) is 9.47 Å². The molecule has 1 aromatic heterocycles. The van der Waals surface area contributed by atoms with Crippen molar-refractivity contribution in [3.8, 4) is 5.69 Å². The molecule has 2 amide bonds. The number of nitrogens with zero attached hydrogens (tertiary/aromatic N) is 2. The van der Waals surface area contributed by atoms with Gasteiger partial charge in [-0.3, -0.25) is 14.5 Å². The van der Waals surface area contributed by atoms with Crippen molar-refractivity contribution in [3.05, 3.63) is 91.0 Å². The highest BCUT2D eigenvalue weighted by Crippen LogP contribution is 2.35. The number of thioether (sulfide) groups is 1. The molecule has 4 nitrogen and oxygen atoms in total. The van der Waals surface area contributed by atoms with Crippen LogP contribution in [0.4, 0.5) is 4.79 Å². The predicted octanol–water partition coefficient (Wildman–Crippen LogP) is 7.29. The highest BCUT2D eigenvalue weighted by atomic mass is 35.5. The fourth-order valence-corrected chi connectivity index (χ4v) is 4.84. The smallest absolute Gasteiger partial charge is 0.293 e. The van der Waals surface area contributed by atoms with Gasteiger partial charge in [0, 0.05) is 21.4 Å². The normalized spacial score (nSPS) is 15.4. The van der Waals surface area contributed by atoms with E-state index in [1.807, 2.05) is 24.5 Å². The molecule has 158 valence electrons. The van der Waals surface area contributed by atoms with Crippen LogP contribution in [0.2, 0.25) is 15.1 Å². The monoisotopic (exact) mass is 490 g/mol. The quantitative estimate of drug-likeness (QED) is 0.360. The summed E-state index contributed by atoms with van der Waals surface area (Å²) in [5.41, 5.74) is 4.27. The van der Waals surface area contributed by atoms with Gasteiger partial charge in [0.15, 0.2) is 0 Å². The number of amides is 2. The molecule has 1 aliphatic heterocycles. The summed E-state index contributed by atoms with van der Waals surface area (Å²) < 4.78 is 1.98. The molecular formula is C23H17Cl3N2O2S. The lowest BCUT2D eigenvalue weighted by Crippen LogP contribution is -2.27. The molecule has 0 radical (unpaired) electrons. The van der Waals surface area contributed by atoms with E-state index in [2.05, 4.69) is 0 Å². The Balaban J connectivity index is 1.65. The van der Waals surface area contributed by atoms with E-state index in [4.69, 9.17) is 34.8 Å². The van der Waals surface area contributed by atoms with Crippen molar-refractivity contribution in [3.63, 3.8) is 0 Å². The van der Waals surface area contributed by atoms with E-state index in [1.54, 1.807) is 48.5 Å². The van der Waals surface area contributed by atoms with Gasteiger partial charge in [-0.25, -0.2) is 0 Å². The average Bonchev–Trinajstić information content (AvgIpc) is 3.15. The molecule has 1 fully saturated rings. The van der Waals surface area contributed by atoms with Gasteiger partial charge in [0.05, 0.1) is 22.2 Å². The van der Waals surface area contributed by atoms with Gasteiger partial charge in [0.2, 0.25) is 0 Å². The molecule has 0 unspecified atom stereocenters. The Morgan fingerprint density at radius 2 is 1.61 bits per heavy atom. The number of hydrogen-bond donors (Lipinski definition) is 0. The summed E-state index contributed by atoms with van der Waals surface area (Å²) in [5, 5.41) is 1.46. The van der Waals surface area contributed by atoms with Crippen LogP contribution >= 0.6 is 46.6 Å². The molecule has 1 aliphatic rings. The molecule has 0 saturated carbocycles. The summed E-state index contributed by atoms with van der Waals surface area (Å²) in [4.78, 5) is 27.0. The molecule has 1 saturated heterocycles. The van der Waals surface area contributed by atoms with E-state index >= 15 is 0 Å². The number of carbonyl (C=O) groups is 2. The Bertz CT molecular complexity index is 1230. The summed E-state index contributed by atoms with van der Waals surface area (Å²) in [7, 11) is 0. The van der Waals surface area contributed by atoms with Crippen LogP contribution in [0.5, 0.6) is 0 Å². The van der Waals surface area contributed by atoms with Gasteiger partial charge < -0.3 is 4.57 Å². The number of benzene rings is 2. The molecule has 0 spiro atoms. The topological polar surface area (TPSA) is 42.3 Å². The number of carbonyl (C=O) groups excluding carboxylic acids is 2. The first-order valence-electron chi connectivity index (χ1n) is 9.39. The van der Waals surface area contributed by atoms with Gasteiger partial charge >= 0.3 is 0 Å². The largest absolute Gasteiger partial charge is 0.316 e. The molecule has 4 rings (SSSR count). The second-order valence-electron chi connectivity index (χ2n) is 7.15. The van der Waals surface area contributed by atoms with Crippen molar-refractivity contribution in [2.24, 2.45) is 0 Å². The van der Waals surface area contributed by atoms with E-state index in [-0.39, 0.29) is 17.7 Å². The molecule has 0 bridgehead atoms. The third kappa shape index (κ3) is 4.41. The summed E-state index contributed by atoms with van der Waals surface area (Å²) in [6.07, 6.45) is 1.75. The highest BCUT2D eigenvalue weighted by molar-refractivity contribution is 8.18. The maximum absolute atomic E-state index is 12.9. The lowest BCUT2D eigenvalue weighted by Gasteiger charge is -2.12. The zero-order valence-electron chi connectivity index (χ0n) is 16.7. The highest BCUT2D eigenvalue weighted by Gasteiger charge is 2.35. The molecule has 31 heavy (non-hydrogen) atoms. The minimum Gasteiger partial charge on any atom is -0.316 e. The van der Waals surface area contributed by atoms with Gasteiger partial charge in [-0.1, -0.05) is 46.9 Å². The van der Waals surface area contributed by atoms with Gasteiger partial charge in [0.25, 0.3) is 11.1 Å². The summed E-state index contributed by atoms with van der Waals surface area (Å²) >= 11 is 19.4. The maximum atomic E-state index is 12.9. The Hall–Kier alpha value is -2.18. The first kappa shape index (κ1) is 22.0. The molecule has 8 heteroatoms. The Morgan fingerprint density at radius 3 is 2.32 bits per heavy atom. The van der Waals surface area contributed by atoms with Gasteiger partial charge in [0.1, 0.15) is 0 Å². The maximum Gasteiger partial charge on any atom is 0.293 e. The molecule has 0 N–H and O–H groups in total. The first-order chi connectivity index (χ1) is 14.7. The van der Waals surface area contributed by atoms with Crippen LogP contribution in [0.1, 0.15) is 22.5 Å². The Labute approximate surface area is 199 Å². The number of halogens is 3. The van der Waals surface area contributed by atoms with Gasteiger partial charge in [-0.05, 0) is 79.2 Å². The van der Waals surface area contributed by atoms with Crippen LogP contribution in [-0.4, -0.2) is 20.6 Å². The average molecular weight is 492 g/mol. The van der Waals surface area contributed by atoms with Crippen molar-refractivity contribution >= 4 is 63.8 Å². The van der Waals surface area contributed by atoms with Crippen LogP contribution < -0.4 is 0 Å². The van der Waals surface area contributed by atoms with E-state index in [0.717, 1.165) is 40.0 Å². The second kappa shape index (κ2) is 8.75. The fourth-order valence-electron chi connectivity index (χ4n) is 3.51. The third-order valence-corrected chi connectivity index (χ3v) is 6.75. The molecular weight excluding hydrogens is 475 g/mol. The minimum absolute atomic E-state index is 0.205. The standard InChI is InChI=1S/C23H17Cl3N2O2S/c1-13-9-16(14(2)28(13)20-11-18(25)7-8-19(20)26)10-21-22(29)27(23(30)31-21)12-15-3-5-17(24)6-4-15/h3-11H,12H2,1-2H3/b21-10+. The van der Waals surface area contributed by atoms with E-state index in [9.17, 15) is 9.59 Å². The van der Waals surface area contributed by atoms with Crippen LogP contribution in [0, 0.1) is 13.8 Å². The van der Waals surface area contributed by atoms with Crippen LogP contribution in [0.15, 0.2) is 53.4 Å². The summed E-state index contributed by atoms with van der Waals surface area (Å²) in [6.45, 7) is 4.10. The van der Waals surface area contributed by atoms with E-state index in [1.165, 1.54) is 4.90 Å².